The number of amides is 11. The number of piperidine rings is 1. The lowest BCUT2D eigenvalue weighted by atomic mass is 9.92. The molecule has 102 heavy (non-hydrogen) atoms. The van der Waals surface area contributed by atoms with Gasteiger partial charge in [-0.15, -0.1) is 0 Å². The molecule has 3 aromatic rings. The number of β-amino-alcohol motifs (C(OH)–C–C–N with tert-alkyl or cyclic N) is 1. The number of rotatable bonds is 14. The summed E-state index contributed by atoms with van der Waals surface area (Å²) in [6.07, 6.45) is -2.50. The molecular weight excluding hydrogens is 1430 g/mol. The average Bonchev–Trinajstić information content (AvgIpc) is 0.810. The Kier molecular flexibility index (Phi) is 31.6. The molecule has 28 heteroatoms. The van der Waals surface area contributed by atoms with E-state index in [4.69, 9.17) is 4.74 Å². The number of alkyl halides is 2. The Hall–Kier alpha value is -7.86. The molecular formula is C74H109F2IN12O13. The van der Waals surface area contributed by atoms with E-state index in [9.17, 15) is 43.5 Å². The predicted octanol–water partition coefficient (Wildman–Crippen LogP) is 4.30. The molecule has 2 aliphatic rings. The molecule has 25 nitrogen and oxygen atoms in total. The molecule has 5 rings (SSSR count). The number of carbonyl (C=O) groups excluding carboxylic acids is 11. The SMILES string of the molecule is CC[C@H](C)[C@@H]1NC(=O)[C@H](CC(C)C)N(C)C(=O)C[C@@H](C(=O)N2CCCC(F)(F)C2)N(C)C(=O)[C@H](CC(C)C)NCC(O)C(C)(C)N(C)C(=O)[C@@H](Cc2ccc(OC)cc2)NC(=O)[C@H](Cc2cccc(I)c2)NC(=O)CN(C)C(=O)[C@H](Cc2ccc(C)cc2)N(C)C(=O)CN(C)C(=O)CN(C)C1=O. The summed E-state index contributed by atoms with van der Waals surface area (Å²) in [4.78, 5) is 171. The number of methoxy groups -OCH3 is 1. The number of carbonyl (C=O) groups is 11. The fourth-order valence-electron chi connectivity index (χ4n) is 12.4. The Bertz CT molecular complexity index is 3420. The third-order valence-electron chi connectivity index (χ3n) is 19.6. The fraction of sp³-hybridized carbons (Fsp3) is 0.608. The van der Waals surface area contributed by atoms with Crippen LogP contribution in [0.4, 0.5) is 8.78 Å². The summed E-state index contributed by atoms with van der Waals surface area (Å²) in [5.74, 6) is -12.0. The Morgan fingerprint density at radius 1 is 0.637 bits per heavy atom. The average molecular weight is 1540 g/mol. The van der Waals surface area contributed by atoms with Crippen LogP contribution in [0.3, 0.4) is 0 Å². The molecule has 0 saturated carbocycles. The van der Waals surface area contributed by atoms with Gasteiger partial charge in [-0.2, -0.15) is 0 Å². The number of likely N-dealkylation sites (N-methyl/N-ethyl adjacent to an activating group) is 7. The Morgan fingerprint density at radius 3 is 1.80 bits per heavy atom. The number of likely N-dealkylation sites (tertiary alicyclic amines) is 1. The summed E-state index contributed by atoms with van der Waals surface area (Å²) in [5, 5.41) is 24.0. The highest BCUT2D eigenvalue weighted by molar-refractivity contribution is 14.1. The molecule has 3 aromatic carbocycles. The minimum Gasteiger partial charge on any atom is -0.497 e. The minimum atomic E-state index is -3.28. The van der Waals surface area contributed by atoms with Gasteiger partial charge >= 0.3 is 0 Å². The number of nitrogens with zero attached hydrogens (tertiary/aromatic N) is 8. The van der Waals surface area contributed by atoms with Crippen molar-refractivity contribution in [2.75, 3.05) is 95.7 Å². The molecule has 1 unspecified atom stereocenters. The number of halogens is 3. The summed E-state index contributed by atoms with van der Waals surface area (Å²) in [7, 11) is 11.0. The Balaban J connectivity index is 1.64. The number of aliphatic hydroxyl groups excluding tert-OH is 1. The predicted molar refractivity (Wildman–Crippen MR) is 391 cm³/mol. The van der Waals surface area contributed by atoms with Crippen molar-refractivity contribution in [2.45, 2.75) is 180 Å². The molecule has 9 atom stereocenters. The molecule has 0 bridgehead atoms. The highest BCUT2D eigenvalue weighted by Crippen LogP contribution is 2.29. The molecule has 0 aliphatic carbocycles. The lowest BCUT2D eigenvalue weighted by molar-refractivity contribution is -0.155. The van der Waals surface area contributed by atoms with Crippen molar-refractivity contribution < 1.29 is 71.4 Å². The first-order valence-corrected chi connectivity index (χ1v) is 36.0. The van der Waals surface area contributed by atoms with Gasteiger partial charge in [0.1, 0.15) is 42.0 Å². The number of ether oxygens (including phenoxy) is 1. The van der Waals surface area contributed by atoms with E-state index in [0.717, 1.165) is 38.5 Å². The Labute approximate surface area is 614 Å². The zero-order chi connectivity index (χ0) is 76.4. The van der Waals surface area contributed by atoms with E-state index in [1.54, 1.807) is 76.2 Å². The Morgan fingerprint density at radius 2 is 1.22 bits per heavy atom. The fourth-order valence-corrected chi connectivity index (χ4v) is 13.0. The number of aliphatic hydroxyl groups is 1. The van der Waals surface area contributed by atoms with Crippen LogP contribution in [-0.2, 0) is 72.0 Å². The van der Waals surface area contributed by atoms with Crippen molar-refractivity contribution in [3.8, 4) is 5.75 Å². The molecule has 2 heterocycles. The van der Waals surface area contributed by atoms with E-state index in [1.165, 1.54) is 66.2 Å². The van der Waals surface area contributed by atoms with Gasteiger partial charge < -0.3 is 70.3 Å². The monoisotopic (exact) mass is 1540 g/mol. The van der Waals surface area contributed by atoms with Gasteiger partial charge in [0.05, 0.1) is 57.4 Å². The summed E-state index contributed by atoms with van der Waals surface area (Å²) >= 11 is 2.12. The van der Waals surface area contributed by atoms with E-state index in [0.29, 0.717) is 28.9 Å². The maximum atomic E-state index is 15.3. The molecule has 564 valence electrons. The van der Waals surface area contributed by atoms with E-state index in [-0.39, 0.29) is 63.5 Å². The van der Waals surface area contributed by atoms with Crippen molar-refractivity contribution in [3.05, 3.63) is 98.6 Å². The second kappa shape index (κ2) is 38.1. The van der Waals surface area contributed by atoms with Crippen LogP contribution in [-0.4, -0.2) is 265 Å². The summed E-state index contributed by atoms with van der Waals surface area (Å²) < 4.78 is 36.6. The van der Waals surface area contributed by atoms with Crippen LogP contribution < -0.4 is 26.0 Å². The van der Waals surface area contributed by atoms with Crippen molar-refractivity contribution in [1.82, 2.24) is 60.5 Å². The van der Waals surface area contributed by atoms with Crippen LogP contribution in [0.5, 0.6) is 5.75 Å². The molecule has 2 saturated heterocycles. The lowest BCUT2D eigenvalue weighted by Gasteiger charge is -2.42. The van der Waals surface area contributed by atoms with E-state index in [2.05, 4.69) is 43.9 Å². The smallest absolute Gasteiger partial charge is 0.265 e. The molecule has 2 fully saturated rings. The van der Waals surface area contributed by atoms with Crippen LogP contribution >= 0.6 is 22.6 Å². The standard InChI is InChI=1S/C74H109F2IN12O13/c1-18-48(7)65-72(101)84(12)42-63(93)82(10)43-64(94)86(14)58(38-50-25-23-47(6)24-26-50)70(99)83(11)41-61(91)79-54(37-51-21-19-22-52(77)35-51)66(95)80-56(36-49-27-29-53(102-17)30-28-49)69(98)88(16)73(8,9)60(90)40-78-55(33-45(2)3)68(97)87(15)59(71(100)89-32-20-31-74(75,76)44-89)39-62(92)85(13)57(34-46(4)5)67(96)81-65/h19,21-30,35,45-46,48,54-60,65,78,90H,18,20,31-34,36-44H2,1-17H3,(H,79,91)(H,80,95)(H,81,96)/t48-,54-,55-,56+,57-,58-,59-,60?,65-/m0/s1. The largest absolute Gasteiger partial charge is 0.497 e. The molecule has 5 N–H and O–H groups in total. The van der Waals surface area contributed by atoms with Crippen molar-refractivity contribution in [2.24, 2.45) is 17.8 Å². The van der Waals surface area contributed by atoms with E-state index in [1.807, 2.05) is 58.9 Å². The first-order valence-electron chi connectivity index (χ1n) is 34.9. The van der Waals surface area contributed by atoms with Crippen LogP contribution in [0, 0.1) is 28.2 Å². The molecule has 0 radical (unpaired) electrons. The number of benzene rings is 3. The number of aryl methyl sites for hydroxylation is 1. The van der Waals surface area contributed by atoms with Crippen LogP contribution in [0.1, 0.15) is 116 Å². The highest BCUT2D eigenvalue weighted by atomic mass is 127. The summed E-state index contributed by atoms with van der Waals surface area (Å²) in [6, 6.07) is 11.9. The van der Waals surface area contributed by atoms with Gasteiger partial charge in [0.25, 0.3) is 5.92 Å². The molecule has 2 aliphatic heterocycles. The second-order valence-electron chi connectivity index (χ2n) is 29.0. The zero-order valence-electron chi connectivity index (χ0n) is 62.4. The molecule has 0 spiro atoms. The summed E-state index contributed by atoms with van der Waals surface area (Å²) in [5.41, 5.74) is 1.32. The third kappa shape index (κ3) is 23.8. The maximum absolute atomic E-state index is 15.3. The van der Waals surface area contributed by atoms with Crippen LogP contribution in [0.2, 0.25) is 0 Å². The van der Waals surface area contributed by atoms with Crippen LogP contribution in [0.25, 0.3) is 0 Å². The van der Waals surface area contributed by atoms with Crippen molar-refractivity contribution in [1.29, 1.82) is 0 Å². The first kappa shape index (κ1) is 84.8. The first-order chi connectivity index (χ1) is 47.7. The zero-order valence-corrected chi connectivity index (χ0v) is 64.6. The topological polar surface area (TPSA) is 291 Å². The van der Waals surface area contributed by atoms with E-state index >= 15 is 23.2 Å². The second-order valence-corrected chi connectivity index (χ2v) is 30.2. The highest BCUT2D eigenvalue weighted by Gasteiger charge is 2.45. The number of hydrogen-bond donors (Lipinski definition) is 5. The summed E-state index contributed by atoms with van der Waals surface area (Å²) in [6.45, 7) is 12.7. The van der Waals surface area contributed by atoms with Gasteiger partial charge in [-0.1, -0.05) is 102 Å². The molecule has 0 aromatic heterocycles. The quantitative estimate of drug-likeness (QED) is 0.141. The van der Waals surface area contributed by atoms with Gasteiger partial charge in [0.15, 0.2) is 0 Å². The van der Waals surface area contributed by atoms with Crippen LogP contribution in [0.15, 0.2) is 72.8 Å². The van der Waals surface area contributed by atoms with Gasteiger partial charge in [-0.25, -0.2) is 8.78 Å². The lowest BCUT2D eigenvalue weighted by Crippen LogP contribution is -2.63. The third-order valence-corrected chi connectivity index (χ3v) is 20.2. The van der Waals surface area contributed by atoms with Gasteiger partial charge in [-0.3, -0.25) is 52.7 Å². The van der Waals surface area contributed by atoms with Gasteiger partial charge in [0, 0.05) is 91.7 Å². The molecule has 11 amide bonds. The van der Waals surface area contributed by atoms with Gasteiger partial charge in [-0.05, 0) is 121 Å². The van der Waals surface area contributed by atoms with Crippen molar-refractivity contribution >= 4 is 87.6 Å². The number of nitrogens with one attached hydrogen (secondary N) is 4. The van der Waals surface area contributed by atoms with E-state index < -0.39 is 170 Å². The number of hydrogen-bond acceptors (Lipinski definition) is 14. The van der Waals surface area contributed by atoms with Gasteiger partial charge in [0.2, 0.25) is 65.0 Å². The van der Waals surface area contributed by atoms with Crippen molar-refractivity contribution in [3.63, 3.8) is 0 Å². The normalized spacial score (nSPS) is 24.4. The maximum Gasteiger partial charge on any atom is 0.265 e. The minimum absolute atomic E-state index is 0.0225.